The minimum Gasteiger partial charge on any atom is -0.381 e. The number of carbonyl (C=O) groups excluding carboxylic acids is 1. The van der Waals surface area contributed by atoms with Crippen molar-refractivity contribution < 1.29 is 9.53 Å². The van der Waals surface area contributed by atoms with Gasteiger partial charge in [-0.25, -0.2) is 4.98 Å². The molecule has 0 unspecified atom stereocenters. The Morgan fingerprint density at radius 3 is 2.94 bits per heavy atom. The summed E-state index contributed by atoms with van der Waals surface area (Å²) in [5.41, 5.74) is 0.174. The predicted molar refractivity (Wildman–Crippen MR) is 67.0 cm³/mol. The van der Waals surface area contributed by atoms with Crippen LogP contribution >= 0.6 is 15.9 Å². The second kappa shape index (κ2) is 3.96. The van der Waals surface area contributed by atoms with Crippen molar-refractivity contribution in [2.24, 2.45) is 0 Å². The first-order chi connectivity index (χ1) is 8.20. The summed E-state index contributed by atoms with van der Waals surface area (Å²) in [5.74, 6) is 0.739. The number of fused-ring (bicyclic) bond motifs is 1. The van der Waals surface area contributed by atoms with Crippen molar-refractivity contribution in [1.82, 2.24) is 4.98 Å². The molecule has 6 heteroatoms. The van der Waals surface area contributed by atoms with Crippen molar-refractivity contribution in [2.45, 2.75) is 18.4 Å². The quantitative estimate of drug-likeness (QED) is 0.766. The topological polar surface area (TPSA) is 63.2 Å². The summed E-state index contributed by atoms with van der Waals surface area (Å²) < 4.78 is 6.15. The van der Waals surface area contributed by atoms with Crippen LogP contribution in [0.4, 0.5) is 11.5 Å². The number of nitrogens with zero attached hydrogens (tertiary/aromatic N) is 1. The number of nitrogens with one attached hydrogen (secondary N) is 2. The maximum absolute atomic E-state index is 12.2. The van der Waals surface area contributed by atoms with Gasteiger partial charge in [-0.1, -0.05) is 0 Å². The molecule has 2 aliphatic rings. The van der Waals surface area contributed by atoms with E-state index in [1.165, 1.54) is 0 Å². The Morgan fingerprint density at radius 2 is 2.18 bits per heavy atom. The van der Waals surface area contributed by atoms with Crippen LogP contribution in [0.3, 0.4) is 0 Å². The number of anilines is 2. The van der Waals surface area contributed by atoms with Crippen molar-refractivity contribution in [2.75, 3.05) is 23.8 Å². The lowest BCUT2D eigenvalue weighted by molar-refractivity contribution is -0.123. The van der Waals surface area contributed by atoms with Crippen molar-refractivity contribution in [1.29, 1.82) is 0 Å². The lowest BCUT2D eigenvalue weighted by atomic mass is 9.87. The highest BCUT2D eigenvalue weighted by atomic mass is 79.9. The Morgan fingerprint density at radius 1 is 1.41 bits per heavy atom. The second-order valence-corrected chi connectivity index (χ2v) is 5.24. The van der Waals surface area contributed by atoms with Crippen LogP contribution in [0.15, 0.2) is 16.7 Å². The normalized spacial score (nSPS) is 21.6. The maximum Gasteiger partial charge on any atom is 0.250 e. The fourth-order valence-electron chi connectivity index (χ4n) is 2.23. The number of amides is 1. The number of ether oxygens (including phenoxy) is 1. The van der Waals surface area contributed by atoms with E-state index in [2.05, 4.69) is 31.5 Å². The average molecular weight is 298 g/mol. The first-order valence-electron chi connectivity index (χ1n) is 5.53. The Hall–Kier alpha value is -1.14. The van der Waals surface area contributed by atoms with Crippen LogP contribution in [0.25, 0.3) is 0 Å². The van der Waals surface area contributed by atoms with Gasteiger partial charge in [0, 0.05) is 36.7 Å². The van der Waals surface area contributed by atoms with E-state index in [-0.39, 0.29) is 5.91 Å². The number of pyridine rings is 1. The van der Waals surface area contributed by atoms with Crippen LogP contribution in [-0.4, -0.2) is 29.6 Å². The second-order valence-electron chi connectivity index (χ2n) is 4.32. The van der Waals surface area contributed by atoms with Crippen LogP contribution in [0, 0.1) is 0 Å². The Labute approximate surface area is 107 Å². The molecule has 0 bridgehead atoms. The molecule has 3 rings (SSSR count). The summed E-state index contributed by atoms with van der Waals surface area (Å²) in [6, 6.07) is 1.85. The van der Waals surface area contributed by atoms with Crippen LogP contribution in [0.5, 0.6) is 0 Å². The predicted octanol–water partition coefficient (Wildman–Crippen LogP) is 1.76. The lowest BCUT2D eigenvalue weighted by Gasteiger charge is -2.40. The van der Waals surface area contributed by atoms with Gasteiger partial charge in [0.25, 0.3) is 0 Å². The van der Waals surface area contributed by atoms with Gasteiger partial charge in [-0.15, -0.1) is 0 Å². The van der Waals surface area contributed by atoms with Crippen LogP contribution in [-0.2, 0) is 9.53 Å². The highest BCUT2D eigenvalue weighted by Crippen LogP contribution is 2.35. The SMILES string of the molecule is O=C1Nc2cc(Br)cnc2NC12CCOCC2. The molecule has 1 spiro atoms. The molecule has 3 heterocycles. The lowest BCUT2D eigenvalue weighted by Crippen LogP contribution is -2.55. The summed E-state index contributed by atoms with van der Waals surface area (Å²) in [7, 11) is 0. The zero-order valence-corrected chi connectivity index (χ0v) is 10.7. The summed E-state index contributed by atoms with van der Waals surface area (Å²) in [6.45, 7) is 1.21. The number of hydrogen-bond acceptors (Lipinski definition) is 4. The highest BCUT2D eigenvalue weighted by molar-refractivity contribution is 9.10. The van der Waals surface area contributed by atoms with Crippen molar-refractivity contribution >= 4 is 33.3 Å². The molecule has 1 amide bonds. The van der Waals surface area contributed by atoms with Gasteiger partial charge < -0.3 is 15.4 Å². The van der Waals surface area contributed by atoms with E-state index >= 15 is 0 Å². The van der Waals surface area contributed by atoms with Crippen molar-refractivity contribution in [3.8, 4) is 0 Å². The van der Waals surface area contributed by atoms with E-state index in [0.29, 0.717) is 26.1 Å². The van der Waals surface area contributed by atoms with Gasteiger partial charge >= 0.3 is 0 Å². The smallest absolute Gasteiger partial charge is 0.250 e. The summed E-state index contributed by atoms with van der Waals surface area (Å²) >= 11 is 3.34. The molecule has 90 valence electrons. The number of rotatable bonds is 0. The molecule has 0 aliphatic carbocycles. The van der Waals surface area contributed by atoms with Crippen molar-refractivity contribution in [3.05, 3.63) is 16.7 Å². The van der Waals surface area contributed by atoms with Gasteiger partial charge in [-0.2, -0.15) is 0 Å². The highest BCUT2D eigenvalue weighted by Gasteiger charge is 2.43. The third-order valence-corrected chi connectivity index (χ3v) is 3.67. The number of halogens is 1. The molecule has 0 aromatic carbocycles. The minimum absolute atomic E-state index is 0.00759. The van der Waals surface area contributed by atoms with E-state index in [1.54, 1.807) is 6.20 Å². The fraction of sp³-hybridized carbons (Fsp3) is 0.455. The van der Waals surface area contributed by atoms with Crippen LogP contribution < -0.4 is 10.6 Å². The molecule has 5 nitrogen and oxygen atoms in total. The van der Waals surface area contributed by atoms with E-state index in [4.69, 9.17) is 4.74 Å². The summed E-state index contributed by atoms with van der Waals surface area (Å²) in [6.07, 6.45) is 3.07. The Kier molecular flexibility index (Phi) is 2.56. The molecule has 1 saturated heterocycles. The fourth-order valence-corrected chi connectivity index (χ4v) is 2.56. The molecule has 17 heavy (non-hydrogen) atoms. The first-order valence-corrected chi connectivity index (χ1v) is 6.32. The zero-order valence-electron chi connectivity index (χ0n) is 9.12. The first kappa shape index (κ1) is 11.0. The van der Waals surface area contributed by atoms with E-state index in [9.17, 15) is 4.79 Å². The third kappa shape index (κ3) is 1.81. The molecule has 0 saturated carbocycles. The molecule has 2 N–H and O–H groups in total. The summed E-state index contributed by atoms with van der Waals surface area (Å²) in [5, 5.41) is 6.18. The van der Waals surface area contributed by atoms with Gasteiger partial charge in [0.15, 0.2) is 5.82 Å². The van der Waals surface area contributed by atoms with E-state index < -0.39 is 5.54 Å². The van der Waals surface area contributed by atoms with Crippen LogP contribution in [0.2, 0.25) is 0 Å². The Bertz CT molecular complexity index is 472. The van der Waals surface area contributed by atoms with Gasteiger partial charge in [0.05, 0.1) is 5.69 Å². The number of carbonyl (C=O) groups is 1. The molecule has 1 aromatic heterocycles. The third-order valence-electron chi connectivity index (χ3n) is 3.24. The van der Waals surface area contributed by atoms with Crippen LogP contribution in [0.1, 0.15) is 12.8 Å². The van der Waals surface area contributed by atoms with Gasteiger partial charge in [-0.3, -0.25) is 4.79 Å². The molecular weight excluding hydrogens is 286 g/mol. The maximum atomic E-state index is 12.2. The molecule has 0 atom stereocenters. The van der Waals surface area contributed by atoms with Gasteiger partial charge in [-0.05, 0) is 22.0 Å². The monoisotopic (exact) mass is 297 g/mol. The molecule has 1 aromatic rings. The zero-order chi connectivity index (χ0) is 11.9. The largest absolute Gasteiger partial charge is 0.381 e. The average Bonchev–Trinajstić information content (AvgIpc) is 2.33. The minimum atomic E-state index is -0.550. The molecule has 1 fully saturated rings. The Balaban J connectivity index is 1.97. The number of hydrogen-bond donors (Lipinski definition) is 2. The van der Waals surface area contributed by atoms with E-state index in [1.807, 2.05) is 6.07 Å². The molecule has 0 radical (unpaired) electrons. The molecule has 2 aliphatic heterocycles. The van der Waals surface area contributed by atoms with Gasteiger partial charge in [0.1, 0.15) is 5.54 Å². The van der Waals surface area contributed by atoms with E-state index in [0.717, 1.165) is 16.0 Å². The van der Waals surface area contributed by atoms with Gasteiger partial charge in [0.2, 0.25) is 5.91 Å². The number of aromatic nitrogens is 1. The molecular formula is C11H12BrN3O2. The standard InChI is InChI=1S/C11H12BrN3O2/c12-7-5-8-9(13-6-7)15-11(10(16)14-8)1-3-17-4-2-11/h5-6H,1-4H2,(H,13,15)(H,14,16). The van der Waals surface area contributed by atoms with Crippen molar-refractivity contribution in [3.63, 3.8) is 0 Å². The summed E-state index contributed by atoms with van der Waals surface area (Å²) in [4.78, 5) is 16.5.